The van der Waals surface area contributed by atoms with Crippen molar-refractivity contribution in [2.24, 2.45) is 18.1 Å². The normalized spacial score (nSPS) is 18.1. The number of amides is 1. The van der Waals surface area contributed by atoms with Gasteiger partial charge in [0.05, 0.1) is 29.3 Å². The molecule has 0 fully saturated rings. The van der Waals surface area contributed by atoms with Crippen LogP contribution in [0.3, 0.4) is 0 Å². The molecule has 1 aliphatic rings. The van der Waals surface area contributed by atoms with Gasteiger partial charge in [-0.3, -0.25) is 4.79 Å². The van der Waals surface area contributed by atoms with Crippen molar-refractivity contribution in [1.82, 2.24) is 24.9 Å². The van der Waals surface area contributed by atoms with Crippen LogP contribution in [0.15, 0.2) is 35.8 Å². The van der Waals surface area contributed by atoms with Gasteiger partial charge in [0.1, 0.15) is 5.69 Å². The van der Waals surface area contributed by atoms with Crippen LogP contribution in [0.4, 0.5) is 0 Å². The number of hydrogen-bond donors (Lipinski definition) is 2. The van der Waals surface area contributed by atoms with E-state index in [1.165, 1.54) is 0 Å². The lowest BCUT2D eigenvalue weighted by atomic mass is 9.93. The monoisotopic (exact) mass is 308 g/mol. The number of benzene rings is 1. The second-order valence-corrected chi connectivity index (χ2v) is 5.81. The summed E-state index contributed by atoms with van der Waals surface area (Å²) >= 11 is 0. The standard InChI is InChI=1S/C16H16N6O/c1-9-6-13(23)20-21-14(9)10-4-3-5-11-15(10)19-16(18-11)12-7-17-8-22(12)2/h3-5,7-9H,6H2,1-2H3,(H,18,19)(H,20,23). The summed E-state index contributed by atoms with van der Waals surface area (Å²) in [6.07, 6.45) is 3.96. The maximum atomic E-state index is 11.5. The lowest BCUT2D eigenvalue weighted by molar-refractivity contribution is -0.121. The van der Waals surface area contributed by atoms with Crippen molar-refractivity contribution in [2.45, 2.75) is 13.3 Å². The van der Waals surface area contributed by atoms with Gasteiger partial charge in [0.2, 0.25) is 5.91 Å². The molecule has 2 N–H and O–H groups in total. The van der Waals surface area contributed by atoms with Gasteiger partial charge in [-0.05, 0) is 6.07 Å². The molecule has 1 aliphatic heterocycles. The number of nitrogens with one attached hydrogen (secondary N) is 2. The van der Waals surface area contributed by atoms with Crippen molar-refractivity contribution in [3.8, 4) is 11.5 Å². The van der Waals surface area contributed by atoms with Crippen molar-refractivity contribution < 1.29 is 4.79 Å². The molecule has 0 aliphatic carbocycles. The highest BCUT2D eigenvalue weighted by Crippen LogP contribution is 2.26. The van der Waals surface area contributed by atoms with Crippen LogP contribution in [-0.2, 0) is 11.8 Å². The van der Waals surface area contributed by atoms with E-state index in [2.05, 4.69) is 20.5 Å². The van der Waals surface area contributed by atoms with Crippen LogP contribution in [0, 0.1) is 5.92 Å². The summed E-state index contributed by atoms with van der Waals surface area (Å²) in [6.45, 7) is 2.01. The Morgan fingerprint density at radius 1 is 1.35 bits per heavy atom. The number of carbonyl (C=O) groups is 1. The largest absolute Gasteiger partial charge is 0.337 e. The van der Waals surface area contributed by atoms with Crippen LogP contribution in [0.1, 0.15) is 18.9 Å². The van der Waals surface area contributed by atoms with Crippen LogP contribution in [0.2, 0.25) is 0 Å². The molecule has 4 rings (SSSR count). The van der Waals surface area contributed by atoms with Gasteiger partial charge in [-0.15, -0.1) is 0 Å². The molecule has 1 amide bonds. The highest BCUT2D eigenvalue weighted by molar-refractivity contribution is 6.12. The summed E-state index contributed by atoms with van der Waals surface area (Å²) in [6, 6.07) is 5.94. The molecule has 2 aromatic heterocycles. The van der Waals surface area contributed by atoms with Crippen molar-refractivity contribution in [3.05, 3.63) is 36.3 Å². The number of hydrogen-bond acceptors (Lipinski definition) is 4. The quantitative estimate of drug-likeness (QED) is 0.757. The van der Waals surface area contributed by atoms with Gasteiger partial charge >= 0.3 is 0 Å². The van der Waals surface area contributed by atoms with E-state index in [9.17, 15) is 4.79 Å². The minimum atomic E-state index is -0.0500. The summed E-state index contributed by atoms with van der Waals surface area (Å²) in [5, 5.41) is 4.25. The second-order valence-electron chi connectivity index (χ2n) is 5.81. The van der Waals surface area contributed by atoms with Crippen LogP contribution in [-0.4, -0.2) is 31.1 Å². The molecular formula is C16H16N6O. The van der Waals surface area contributed by atoms with Crippen LogP contribution in [0.25, 0.3) is 22.6 Å². The molecule has 7 nitrogen and oxygen atoms in total. The van der Waals surface area contributed by atoms with Gasteiger partial charge in [-0.1, -0.05) is 19.1 Å². The molecule has 3 aromatic rings. The first-order valence-corrected chi connectivity index (χ1v) is 7.45. The molecular weight excluding hydrogens is 292 g/mol. The number of aryl methyl sites for hydroxylation is 1. The van der Waals surface area contributed by atoms with Crippen molar-refractivity contribution in [3.63, 3.8) is 0 Å². The SMILES string of the molecule is CC1CC(=O)NN=C1c1cccc2[nH]c(-c3cncn3C)nc12. The topological polar surface area (TPSA) is 88.0 Å². The van der Waals surface area contributed by atoms with E-state index >= 15 is 0 Å². The van der Waals surface area contributed by atoms with Gasteiger partial charge in [0, 0.05) is 24.9 Å². The number of rotatable bonds is 2. The van der Waals surface area contributed by atoms with E-state index in [4.69, 9.17) is 4.98 Å². The zero-order chi connectivity index (χ0) is 16.0. The molecule has 1 unspecified atom stereocenters. The van der Waals surface area contributed by atoms with Crippen molar-refractivity contribution >= 4 is 22.7 Å². The number of H-pyrrole nitrogens is 1. The Hall–Kier alpha value is -2.96. The van der Waals surface area contributed by atoms with Gasteiger partial charge in [0.25, 0.3) is 0 Å². The van der Waals surface area contributed by atoms with Gasteiger partial charge in [0.15, 0.2) is 5.82 Å². The van der Waals surface area contributed by atoms with Crippen molar-refractivity contribution in [2.75, 3.05) is 0 Å². The first-order chi connectivity index (χ1) is 11.1. The molecule has 116 valence electrons. The fourth-order valence-corrected chi connectivity index (χ4v) is 2.92. The molecule has 0 radical (unpaired) electrons. The summed E-state index contributed by atoms with van der Waals surface area (Å²) in [4.78, 5) is 23.7. The number of aromatic nitrogens is 4. The molecule has 0 saturated heterocycles. The Labute approximate surface area is 132 Å². The number of imidazole rings is 2. The summed E-state index contributed by atoms with van der Waals surface area (Å²) in [5.74, 6) is 0.776. The van der Waals surface area contributed by atoms with Crippen LogP contribution in [0.5, 0.6) is 0 Å². The maximum Gasteiger partial charge on any atom is 0.240 e. The highest BCUT2D eigenvalue weighted by Gasteiger charge is 2.24. The molecule has 1 aromatic carbocycles. The number of carbonyl (C=O) groups excluding carboxylic acids is 1. The third kappa shape index (κ3) is 2.21. The number of para-hydroxylation sites is 1. The molecule has 1 atom stereocenters. The Kier molecular flexibility index (Phi) is 3.00. The van der Waals surface area contributed by atoms with Gasteiger partial charge < -0.3 is 9.55 Å². The maximum absolute atomic E-state index is 11.5. The molecule has 0 saturated carbocycles. The zero-order valence-corrected chi connectivity index (χ0v) is 12.9. The van der Waals surface area contributed by atoms with E-state index in [-0.39, 0.29) is 11.8 Å². The summed E-state index contributed by atoms with van der Waals surface area (Å²) in [5.41, 5.74) is 7.07. The highest BCUT2D eigenvalue weighted by atomic mass is 16.2. The zero-order valence-electron chi connectivity index (χ0n) is 12.9. The predicted molar refractivity (Wildman–Crippen MR) is 86.8 cm³/mol. The van der Waals surface area contributed by atoms with Gasteiger partial charge in [-0.2, -0.15) is 5.10 Å². The molecule has 0 bridgehead atoms. The van der Waals surface area contributed by atoms with E-state index in [0.717, 1.165) is 33.8 Å². The van der Waals surface area contributed by atoms with E-state index < -0.39 is 0 Å². The average molecular weight is 308 g/mol. The third-order valence-corrected chi connectivity index (χ3v) is 4.11. The molecule has 0 spiro atoms. The Bertz CT molecular complexity index is 935. The summed E-state index contributed by atoms with van der Waals surface area (Å²) in [7, 11) is 1.93. The second kappa shape index (κ2) is 5.05. The third-order valence-electron chi connectivity index (χ3n) is 4.11. The predicted octanol–water partition coefficient (Wildman–Crippen LogP) is 1.82. The van der Waals surface area contributed by atoms with E-state index in [1.807, 2.05) is 36.7 Å². The lowest BCUT2D eigenvalue weighted by Crippen LogP contribution is -2.32. The van der Waals surface area contributed by atoms with Crippen LogP contribution >= 0.6 is 0 Å². The average Bonchev–Trinajstić information content (AvgIpc) is 3.12. The first-order valence-electron chi connectivity index (χ1n) is 7.45. The minimum absolute atomic E-state index is 0.0500. The fraction of sp³-hybridized carbons (Fsp3) is 0.250. The molecule has 23 heavy (non-hydrogen) atoms. The molecule has 7 heteroatoms. The number of aromatic amines is 1. The lowest BCUT2D eigenvalue weighted by Gasteiger charge is -2.19. The number of hydrazone groups is 1. The summed E-state index contributed by atoms with van der Waals surface area (Å²) < 4.78 is 1.92. The Morgan fingerprint density at radius 2 is 2.22 bits per heavy atom. The van der Waals surface area contributed by atoms with Crippen molar-refractivity contribution in [1.29, 1.82) is 0 Å². The van der Waals surface area contributed by atoms with E-state index in [0.29, 0.717) is 6.42 Å². The minimum Gasteiger partial charge on any atom is -0.337 e. The Morgan fingerprint density at radius 3 is 2.96 bits per heavy atom. The number of fused-ring (bicyclic) bond motifs is 1. The molecule has 3 heterocycles. The Balaban J connectivity index is 1.87. The number of nitrogens with zero attached hydrogens (tertiary/aromatic N) is 4. The fourth-order valence-electron chi connectivity index (χ4n) is 2.92. The first kappa shape index (κ1) is 13.7. The smallest absolute Gasteiger partial charge is 0.240 e. The van der Waals surface area contributed by atoms with Gasteiger partial charge in [-0.25, -0.2) is 15.4 Å². The van der Waals surface area contributed by atoms with Crippen LogP contribution < -0.4 is 5.43 Å². The van der Waals surface area contributed by atoms with E-state index in [1.54, 1.807) is 12.5 Å².